The van der Waals surface area contributed by atoms with Crippen molar-refractivity contribution in [3.63, 3.8) is 0 Å². The molecule has 2 heteroatoms. The van der Waals surface area contributed by atoms with Gasteiger partial charge in [0.2, 0.25) is 0 Å². The van der Waals surface area contributed by atoms with Gasteiger partial charge in [0.25, 0.3) is 0 Å². The molecule has 1 rings (SSSR count). The SMILES string of the molecule is C=C(CC)CC(NCC)c1ccnc(C)c1. The smallest absolute Gasteiger partial charge is 0.0375 e. The minimum absolute atomic E-state index is 0.374. The molecule has 1 atom stereocenters. The van der Waals surface area contributed by atoms with Gasteiger partial charge < -0.3 is 5.32 Å². The van der Waals surface area contributed by atoms with Crippen molar-refractivity contribution in [3.05, 3.63) is 41.7 Å². The lowest BCUT2D eigenvalue weighted by Crippen LogP contribution is -2.21. The minimum Gasteiger partial charge on any atom is -0.310 e. The highest BCUT2D eigenvalue weighted by Gasteiger charge is 2.11. The van der Waals surface area contributed by atoms with Crippen LogP contribution in [0.15, 0.2) is 30.5 Å². The van der Waals surface area contributed by atoms with Gasteiger partial charge >= 0.3 is 0 Å². The van der Waals surface area contributed by atoms with Gasteiger partial charge in [-0.2, -0.15) is 0 Å². The molecule has 1 unspecified atom stereocenters. The first-order valence-electron chi connectivity index (χ1n) is 6.00. The Hall–Kier alpha value is -1.15. The van der Waals surface area contributed by atoms with E-state index in [1.807, 2.05) is 13.1 Å². The number of nitrogens with one attached hydrogen (secondary N) is 1. The van der Waals surface area contributed by atoms with Gasteiger partial charge in [-0.05, 0) is 44.0 Å². The first kappa shape index (κ1) is 12.9. The van der Waals surface area contributed by atoms with E-state index in [9.17, 15) is 0 Å². The van der Waals surface area contributed by atoms with E-state index in [-0.39, 0.29) is 0 Å². The summed E-state index contributed by atoms with van der Waals surface area (Å²) in [7, 11) is 0. The Balaban J connectivity index is 2.80. The van der Waals surface area contributed by atoms with Crippen LogP contribution in [0.5, 0.6) is 0 Å². The zero-order chi connectivity index (χ0) is 12.0. The van der Waals surface area contributed by atoms with E-state index in [2.05, 4.69) is 42.9 Å². The highest BCUT2D eigenvalue weighted by Crippen LogP contribution is 2.21. The maximum Gasteiger partial charge on any atom is 0.0375 e. The standard InChI is InChI=1S/C14H22N2/c1-5-11(3)9-14(15-6-2)13-7-8-16-12(4)10-13/h7-8,10,14-15H,3,5-6,9H2,1-2,4H3. The van der Waals surface area contributed by atoms with E-state index < -0.39 is 0 Å². The van der Waals surface area contributed by atoms with E-state index in [0.717, 1.165) is 25.1 Å². The molecular weight excluding hydrogens is 196 g/mol. The fraction of sp³-hybridized carbons (Fsp3) is 0.500. The highest BCUT2D eigenvalue weighted by molar-refractivity contribution is 5.21. The van der Waals surface area contributed by atoms with Crippen LogP contribution in [0.25, 0.3) is 0 Å². The Kier molecular flexibility index (Phi) is 5.20. The van der Waals surface area contributed by atoms with E-state index in [1.54, 1.807) is 0 Å². The molecule has 1 heterocycles. The summed E-state index contributed by atoms with van der Waals surface area (Å²) in [5.74, 6) is 0. The molecule has 1 aromatic rings. The zero-order valence-electron chi connectivity index (χ0n) is 10.6. The summed E-state index contributed by atoms with van der Waals surface area (Å²) in [5, 5.41) is 3.50. The second-order valence-electron chi connectivity index (χ2n) is 4.15. The molecule has 1 aromatic heterocycles. The van der Waals surface area contributed by atoms with E-state index in [1.165, 1.54) is 11.1 Å². The maximum atomic E-state index is 4.23. The van der Waals surface area contributed by atoms with Crippen LogP contribution in [-0.2, 0) is 0 Å². The Morgan fingerprint density at radius 3 is 2.81 bits per heavy atom. The van der Waals surface area contributed by atoms with Gasteiger partial charge in [0.1, 0.15) is 0 Å². The lowest BCUT2D eigenvalue weighted by molar-refractivity contribution is 0.542. The number of nitrogens with zero attached hydrogens (tertiary/aromatic N) is 1. The monoisotopic (exact) mass is 218 g/mol. The topological polar surface area (TPSA) is 24.9 Å². The summed E-state index contributed by atoms with van der Waals surface area (Å²) < 4.78 is 0. The van der Waals surface area contributed by atoms with Crippen LogP contribution in [0.3, 0.4) is 0 Å². The zero-order valence-corrected chi connectivity index (χ0v) is 10.6. The largest absolute Gasteiger partial charge is 0.310 e. The van der Waals surface area contributed by atoms with Crippen molar-refractivity contribution in [3.8, 4) is 0 Å². The van der Waals surface area contributed by atoms with Crippen molar-refractivity contribution in [2.75, 3.05) is 6.54 Å². The molecule has 0 aliphatic heterocycles. The number of rotatable bonds is 6. The van der Waals surface area contributed by atoms with E-state index in [4.69, 9.17) is 0 Å². The van der Waals surface area contributed by atoms with Gasteiger partial charge in [-0.25, -0.2) is 0 Å². The van der Waals surface area contributed by atoms with Crippen LogP contribution in [0.1, 0.15) is 44.0 Å². The molecular formula is C14H22N2. The van der Waals surface area contributed by atoms with Crippen LogP contribution in [0.2, 0.25) is 0 Å². The Bertz CT molecular complexity index is 344. The molecule has 0 aliphatic carbocycles. The number of hydrogen-bond acceptors (Lipinski definition) is 2. The van der Waals surface area contributed by atoms with E-state index in [0.29, 0.717) is 6.04 Å². The summed E-state index contributed by atoms with van der Waals surface area (Å²) in [4.78, 5) is 4.23. The molecule has 0 fully saturated rings. The van der Waals surface area contributed by atoms with E-state index >= 15 is 0 Å². The van der Waals surface area contributed by atoms with Crippen molar-refractivity contribution < 1.29 is 0 Å². The van der Waals surface area contributed by atoms with Gasteiger partial charge in [0.15, 0.2) is 0 Å². The van der Waals surface area contributed by atoms with Crippen LogP contribution < -0.4 is 5.32 Å². The van der Waals surface area contributed by atoms with Crippen LogP contribution >= 0.6 is 0 Å². The minimum atomic E-state index is 0.374. The lowest BCUT2D eigenvalue weighted by atomic mass is 9.98. The van der Waals surface area contributed by atoms with Gasteiger partial charge in [-0.15, -0.1) is 0 Å². The number of pyridine rings is 1. The van der Waals surface area contributed by atoms with Crippen molar-refractivity contribution in [1.29, 1.82) is 0 Å². The molecule has 0 saturated heterocycles. The fourth-order valence-corrected chi connectivity index (χ4v) is 1.77. The molecule has 16 heavy (non-hydrogen) atoms. The van der Waals surface area contributed by atoms with Crippen molar-refractivity contribution in [2.24, 2.45) is 0 Å². The van der Waals surface area contributed by atoms with Gasteiger partial charge in [-0.1, -0.05) is 26.0 Å². The first-order valence-corrected chi connectivity index (χ1v) is 6.00. The summed E-state index contributed by atoms with van der Waals surface area (Å²) in [6, 6.07) is 4.61. The predicted octanol–water partition coefficient (Wildman–Crippen LogP) is 3.40. The normalized spacial score (nSPS) is 12.4. The second-order valence-corrected chi connectivity index (χ2v) is 4.15. The third-order valence-electron chi connectivity index (χ3n) is 2.77. The van der Waals surface area contributed by atoms with Crippen LogP contribution in [0, 0.1) is 6.92 Å². The summed E-state index contributed by atoms with van der Waals surface area (Å²) in [5.41, 5.74) is 3.67. The molecule has 88 valence electrons. The molecule has 0 radical (unpaired) electrons. The average molecular weight is 218 g/mol. The fourth-order valence-electron chi connectivity index (χ4n) is 1.77. The Labute approximate surface area is 98.8 Å². The number of hydrogen-bond donors (Lipinski definition) is 1. The molecule has 1 N–H and O–H groups in total. The molecule has 0 amide bonds. The number of aromatic nitrogens is 1. The molecule has 0 aliphatic rings. The summed E-state index contributed by atoms with van der Waals surface area (Å²) in [6.07, 6.45) is 3.93. The molecule has 0 spiro atoms. The predicted molar refractivity (Wildman–Crippen MR) is 69.4 cm³/mol. The van der Waals surface area contributed by atoms with Crippen molar-refractivity contribution in [2.45, 2.75) is 39.7 Å². The highest BCUT2D eigenvalue weighted by atomic mass is 14.9. The van der Waals surface area contributed by atoms with Crippen molar-refractivity contribution >= 4 is 0 Å². The van der Waals surface area contributed by atoms with Crippen molar-refractivity contribution in [1.82, 2.24) is 10.3 Å². The van der Waals surface area contributed by atoms with Gasteiger partial charge in [0, 0.05) is 17.9 Å². The van der Waals surface area contributed by atoms with Gasteiger partial charge in [0.05, 0.1) is 0 Å². The summed E-state index contributed by atoms with van der Waals surface area (Å²) in [6.45, 7) is 11.4. The first-order chi connectivity index (χ1) is 7.67. The third kappa shape index (κ3) is 3.78. The van der Waals surface area contributed by atoms with Gasteiger partial charge in [-0.3, -0.25) is 4.98 Å². The Morgan fingerprint density at radius 1 is 1.50 bits per heavy atom. The quantitative estimate of drug-likeness (QED) is 0.740. The van der Waals surface area contributed by atoms with Crippen LogP contribution in [-0.4, -0.2) is 11.5 Å². The lowest BCUT2D eigenvalue weighted by Gasteiger charge is -2.19. The molecule has 2 nitrogen and oxygen atoms in total. The molecule has 0 saturated carbocycles. The molecule has 0 aromatic carbocycles. The maximum absolute atomic E-state index is 4.23. The second kappa shape index (κ2) is 6.44. The Morgan fingerprint density at radius 2 is 2.25 bits per heavy atom. The molecule has 0 bridgehead atoms. The summed E-state index contributed by atoms with van der Waals surface area (Å²) >= 11 is 0. The number of aryl methyl sites for hydroxylation is 1. The average Bonchev–Trinajstić information content (AvgIpc) is 2.28. The third-order valence-corrected chi connectivity index (χ3v) is 2.77. The van der Waals surface area contributed by atoms with Crippen LogP contribution in [0.4, 0.5) is 0 Å².